The number of para-hydroxylation sites is 3. The Morgan fingerprint density at radius 2 is 1.74 bits per heavy atom. The summed E-state index contributed by atoms with van der Waals surface area (Å²) in [5.41, 5.74) is 1.12. The van der Waals surface area contributed by atoms with Crippen molar-refractivity contribution in [3.63, 3.8) is 0 Å². The maximum Gasteiger partial charge on any atom is 0.288 e. The van der Waals surface area contributed by atoms with E-state index in [1.165, 1.54) is 12.8 Å². The molecule has 3 rings (SSSR count). The van der Waals surface area contributed by atoms with E-state index in [-0.39, 0.29) is 18.6 Å². The number of alkyl halides is 2. The maximum absolute atomic E-state index is 12.6. The molecule has 0 spiro atoms. The summed E-state index contributed by atoms with van der Waals surface area (Å²) < 4.78 is 31.3. The number of amides is 1. The van der Waals surface area contributed by atoms with Crippen LogP contribution < -0.4 is 15.4 Å². The predicted octanol–water partition coefficient (Wildman–Crippen LogP) is 5.37. The third-order valence-electron chi connectivity index (χ3n) is 4.30. The Morgan fingerprint density at radius 1 is 1.07 bits per heavy atom. The van der Waals surface area contributed by atoms with Gasteiger partial charge in [0.2, 0.25) is 5.91 Å². The van der Waals surface area contributed by atoms with E-state index in [4.69, 9.17) is 4.74 Å². The Hall–Kier alpha value is -2.28. The number of hydrogen-bond acceptors (Lipinski definition) is 4. The summed E-state index contributed by atoms with van der Waals surface area (Å²) in [5, 5.41) is 5.76. The highest BCUT2D eigenvalue weighted by Crippen LogP contribution is 2.32. The number of thioether (sulfide) groups is 1. The highest BCUT2D eigenvalue weighted by molar-refractivity contribution is 7.99. The molecule has 0 aliphatic heterocycles. The van der Waals surface area contributed by atoms with Crippen LogP contribution in [0.2, 0.25) is 0 Å². The number of anilines is 2. The van der Waals surface area contributed by atoms with Crippen molar-refractivity contribution in [1.82, 2.24) is 0 Å². The van der Waals surface area contributed by atoms with E-state index >= 15 is 0 Å². The van der Waals surface area contributed by atoms with Crippen molar-refractivity contribution in [2.45, 2.75) is 42.4 Å². The van der Waals surface area contributed by atoms with Crippen LogP contribution in [0.1, 0.15) is 25.7 Å². The largest absolute Gasteiger partial charge is 0.488 e. The Balaban J connectivity index is 1.58. The minimum Gasteiger partial charge on any atom is -0.488 e. The summed E-state index contributed by atoms with van der Waals surface area (Å²) in [4.78, 5) is 12.6. The zero-order valence-corrected chi connectivity index (χ0v) is 15.6. The Labute approximate surface area is 161 Å². The molecule has 0 heterocycles. The highest BCUT2D eigenvalue weighted by atomic mass is 32.2. The molecule has 1 aliphatic carbocycles. The fraction of sp³-hybridized carbons (Fsp3) is 0.350. The molecule has 0 atom stereocenters. The highest BCUT2D eigenvalue weighted by Gasteiger charge is 2.18. The minimum absolute atomic E-state index is 0.0126. The number of carbonyl (C=O) groups excluding carboxylic acids is 1. The third-order valence-corrected chi connectivity index (χ3v) is 5.09. The van der Waals surface area contributed by atoms with E-state index < -0.39 is 5.76 Å². The molecule has 4 nitrogen and oxygen atoms in total. The first-order chi connectivity index (χ1) is 13.1. The van der Waals surface area contributed by atoms with Crippen LogP contribution in [0.3, 0.4) is 0 Å². The van der Waals surface area contributed by atoms with E-state index in [0.29, 0.717) is 22.3 Å². The molecule has 1 saturated carbocycles. The van der Waals surface area contributed by atoms with Gasteiger partial charge in [0.15, 0.2) is 0 Å². The van der Waals surface area contributed by atoms with Crippen LogP contribution in [0, 0.1) is 0 Å². The normalized spacial score (nSPS) is 14.3. The zero-order chi connectivity index (χ0) is 19.1. The lowest BCUT2D eigenvalue weighted by molar-refractivity contribution is -0.114. The standard InChI is InChI=1S/C20H22F2N2O2S/c21-20(22)27-18-12-6-4-10-16(18)24-19(25)13-23-15-9-3-5-11-17(15)26-14-7-1-2-8-14/h3-6,9-12,14,20,23H,1-2,7-8,13H2,(H,24,25). The van der Waals surface area contributed by atoms with Crippen molar-refractivity contribution in [2.24, 2.45) is 0 Å². The van der Waals surface area contributed by atoms with Crippen molar-refractivity contribution >= 4 is 29.0 Å². The molecule has 0 saturated heterocycles. The fourth-order valence-corrected chi connectivity index (χ4v) is 3.63. The van der Waals surface area contributed by atoms with Gasteiger partial charge in [-0.15, -0.1) is 0 Å². The first-order valence-corrected chi connectivity index (χ1v) is 9.83. The van der Waals surface area contributed by atoms with E-state index in [1.54, 1.807) is 24.3 Å². The van der Waals surface area contributed by atoms with Gasteiger partial charge >= 0.3 is 0 Å². The lowest BCUT2D eigenvalue weighted by Crippen LogP contribution is -2.22. The Morgan fingerprint density at radius 3 is 2.48 bits per heavy atom. The molecular weight excluding hydrogens is 370 g/mol. The topological polar surface area (TPSA) is 50.4 Å². The molecule has 0 aromatic heterocycles. The van der Waals surface area contributed by atoms with Crippen molar-refractivity contribution in [1.29, 1.82) is 0 Å². The summed E-state index contributed by atoms with van der Waals surface area (Å²) in [6, 6.07) is 14.0. The van der Waals surface area contributed by atoms with Gasteiger partial charge in [0.05, 0.1) is 24.0 Å². The number of halogens is 2. The monoisotopic (exact) mass is 392 g/mol. The molecule has 2 N–H and O–H groups in total. The van der Waals surface area contributed by atoms with Crippen LogP contribution in [-0.4, -0.2) is 24.3 Å². The van der Waals surface area contributed by atoms with Crippen molar-refractivity contribution in [3.8, 4) is 5.75 Å². The smallest absolute Gasteiger partial charge is 0.288 e. The average Bonchev–Trinajstić information content (AvgIpc) is 3.15. The first-order valence-electron chi connectivity index (χ1n) is 8.95. The molecule has 0 unspecified atom stereocenters. The van der Waals surface area contributed by atoms with Crippen LogP contribution in [0.25, 0.3) is 0 Å². The number of benzene rings is 2. The number of ether oxygens (including phenoxy) is 1. The molecule has 1 amide bonds. The molecule has 1 aliphatic rings. The number of carbonyl (C=O) groups is 1. The lowest BCUT2D eigenvalue weighted by atomic mass is 10.2. The second-order valence-corrected chi connectivity index (χ2v) is 7.33. The molecule has 27 heavy (non-hydrogen) atoms. The van der Waals surface area contributed by atoms with E-state index in [0.717, 1.165) is 24.3 Å². The van der Waals surface area contributed by atoms with Crippen molar-refractivity contribution in [2.75, 3.05) is 17.2 Å². The summed E-state index contributed by atoms with van der Waals surface area (Å²) in [6.45, 7) is 0.0126. The van der Waals surface area contributed by atoms with E-state index in [2.05, 4.69) is 10.6 Å². The van der Waals surface area contributed by atoms with Gasteiger partial charge in [-0.25, -0.2) is 0 Å². The van der Waals surface area contributed by atoms with Gasteiger partial charge in [-0.3, -0.25) is 4.79 Å². The van der Waals surface area contributed by atoms with Crippen LogP contribution in [0.15, 0.2) is 53.4 Å². The zero-order valence-electron chi connectivity index (χ0n) is 14.8. The fourth-order valence-electron chi connectivity index (χ4n) is 3.04. The molecule has 2 aromatic rings. The van der Waals surface area contributed by atoms with Gasteiger partial charge in [-0.2, -0.15) is 8.78 Å². The summed E-state index contributed by atoms with van der Waals surface area (Å²) >= 11 is 0.413. The van der Waals surface area contributed by atoms with E-state index in [1.807, 2.05) is 24.3 Å². The maximum atomic E-state index is 12.6. The van der Waals surface area contributed by atoms with Crippen molar-refractivity contribution < 1.29 is 18.3 Å². The SMILES string of the molecule is O=C(CNc1ccccc1OC1CCCC1)Nc1ccccc1SC(F)F. The van der Waals surface area contributed by atoms with Crippen LogP contribution in [0.5, 0.6) is 5.75 Å². The molecule has 7 heteroatoms. The molecule has 0 radical (unpaired) electrons. The van der Waals surface area contributed by atoms with Gasteiger partial charge in [-0.05, 0) is 49.9 Å². The van der Waals surface area contributed by atoms with Crippen molar-refractivity contribution in [3.05, 3.63) is 48.5 Å². The third kappa shape index (κ3) is 5.85. The number of nitrogens with one attached hydrogen (secondary N) is 2. The van der Waals surface area contributed by atoms with Crippen LogP contribution in [-0.2, 0) is 4.79 Å². The molecule has 1 fully saturated rings. The second kappa shape index (κ2) is 9.60. The van der Waals surface area contributed by atoms with Crippen LogP contribution >= 0.6 is 11.8 Å². The number of hydrogen-bond donors (Lipinski definition) is 2. The summed E-state index contributed by atoms with van der Waals surface area (Å²) in [6.07, 6.45) is 4.68. The van der Waals surface area contributed by atoms with Crippen LogP contribution in [0.4, 0.5) is 20.2 Å². The first kappa shape index (κ1) is 19.5. The summed E-state index contributed by atoms with van der Waals surface area (Å²) in [7, 11) is 0. The average molecular weight is 392 g/mol. The van der Waals surface area contributed by atoms with Gasteiger partial charge in [0, 0.05) is 4.90 Å². The van der Waals surface area contributed by atoms with Gasteiger partial charge in [0.1, 0.15) is 5.75 Å². The van der Waals surface area contributed by atoms with E-state index in [9.17, 15) is 13.6 Å². The number of rotatable bonds is 8. The molecule has 0 bridgehead atoms. The molecule has 2 aromatic carbocycles. The van der Waals surface area contributed by atoms with Gasteiger partial charge < -0.3 is 15.4 Å². The van der Waals surface area contributed by atoms with Gasteiger partial charge in [0.25, 0.3) is 5.76 Å². The second-order valence-electron chi connectivity index (χ2n) is 6.30. The lowest BCUT2D eigenvalue weighted by Gasteiger charge is -2.17. The quantitative estimate of drug-likeness (QED) is 0.593. The molecular formula is C20H22F2N2O2S. The predicted molar refractivity (Wildman–Crippen MR) is 105 cm³/mol. The van der Waals surface area contributed by atoms with Gasteiger partial charge in [-0.1, -0.05) is 36.0 Å². The summed E-state index contributed by atoms with van der Waals surface area (Å²) in [5.74, 6) is -2.13. The Bertz CT molecular complexity index is 767. The molecule has 144 valence electrons. The minimum atomic E-state index is -2.54. The Kier molecular flexibility index (Phi) is 6.92.